The highest BCUT2D eigenvalue weighted by Crippen LogP contribution is 1.98. The highest BCUT2D eigenvalue weighted by Gasteiger charge is 2.12. The monoisotopic (exact) mass is 259 g/mol. The molecule has 0 aliphatic rings. The van der Waals surface area contributed by atoms with Crippen molar-refractivity contribution in [2.75, 3.05) is 18.9 Å². The minimum Gasteiger partial charge on any atom is -0.443 e. The number of carbonyl (C=O) groups is 1. The van der Waals surface area contributed by atoms with Crippen LogP contribution in [0, 0.1) is 0 Å². The molecule has 0 radical (unpaired) electrons. The van der Waals surface area contributed by atoms with Crippen molar-refractivity contribution >= 4 is 26.2 Å². The van der Waals surface area contributed by atoms with E-state index in [0.717, 1.165) is 18.3 Å². The third-order valence-corrected chi connectivity index (χ3v) is 2.34. The summed E-state index contributed by atoms with van der Waals surface area (Å²) in [5.74, 6) is 0.442. The lowest BCUT2D eigenvalue weighted by Gasteiger charge is -2.16. The summed E-state index contributed by atoms with van der Waals surface area (Å²) in [5.41, 5.74) is 0.940. The fourth-order valence-electron chi connectivity index (χ4n) is 1.05. The number of carbonyl (C=O) groups excluding carboxylic acids is 1. The third-order valence-electron chi connectivity index (χ3n) is 1.93. The summed E-state index contributed by atoms with van der Waals surface area (Å²) in [7, 11) is 0.477. The smallest absolute Gasteiger partial charge is 0.407 e. The molecule has 1 N–H and O–H groups in total. The molecule has 4 nitrogen and oxygen atoms in total. The highest BCUT2D eigenvalue weighted by atomic mass is 32.1. The van der Waals surface area contributed by atoms with Gasteiger partial charge in [0.15, 0.2) is 0 Å². The summed E-state index contributed by atoms with van der Waals surface area (Å²) in [6.45, 7) is 8.66. The fourth-order valence-corrected chi connectivity index (χ4v) is 1.23. The van der Waals surface area contributed by atoms with Gasteiger partial charge in [-0.1, -0.05) is 25.7 Å². The maximum Gasteiger partial charge on any atom is 0.407 e. The van der Waals surface area contributed by atoms with Crippen LogP contribution in [0.2, 0.25) is 0 Å². The summed E-state index contributed by atoms with van der Waals surface area (Å²) in [6, 6.07) is 0. The largest absolute Gasteiger partial charge is 0.443 e. The molecule has 1 unspecified atom stereocenters. The number of alkyl carbamates (subject to hydrolysis) is 1. The van der Waals surface area contributed by atoms with Gasteiger partial charge < -0.3 is 14.7 Å². The van der Waals surface area contributed by atoms with Crippen molar-refractivity contribution < 1.29 is 14.2 Å². The zero-order valence-electron chi connectivity index (χ0n) is 10.7. The maximum absolute atomic E-state index is 11.3. The third kappa shape index (κ3) is 10.3. The van der Waals surface area contributed by atoms with Gasteiger partial charge >= 0.3 is 13.6 Å². The Morgan fingerprint density at radius 3 is 2.82 bits per heavy atom. The van der Waals surface area contributed by atoms with E-state index in [1.807, 2.05) is 6.92 Å². The summed E-state index contributed by atoms with van der Waals surface area (Å²) < 4.78 is 10.5. The van der Waals surface area contributed by atoms with Crippen LogP contribution in [0.5, 0.6) is 0 Å². The van der Waals surface area contributed by atoms with Gasteiger partial charge in [0.25, 0.3) is 0 Å². The van der Waals surface area contributed by atoms with Gasteiger partial charge in [0.05, 0.1) is 6.61 Å². The van der Waals surface area contributed by atoms with E-state index >= 15 is 0 Å². The first-order valence-electron chi connectivity index (χ1n) is 5.87. The Balaban J connectivity index is 3.71. The van der Waals surface area contributed by atoms with E-state index in [-0.39, 0.29) is 6.10 Å². The Labute approximate surface area is 110 Å². The predicted molar refractivity (Wildman–Crippen MR) is 74.9 cm³/mol. The van der Waals surface area contributed by atoms with Crippen molar-refractivity contribution in [3.63, 3.8) is 0 Å². The van der Waals surface area contributed by atoms with Crippen LogP contribution in [0.25, 0.3) is 0 Å². The molecule has 0 aromatic heterocycles. The molecule has 0 saturated heterocycles. The van der Waals surface area contributed by atoms with Crippen molar-refractivity contribution in [3.8, 4) is 0 Å². The second kappa shape index (κ2) is 10.5. The molecule has 6 heteroatoms. The second-order valence-electron chi connectivity index (χ2n) is 3.96. The van der Waals surface area contributed by atoms with Crippen LogP contribution >= 0.6 is 12.6 Å². The first-order chi connectivity index (χ1) is 8.10. The van der Waals surface area contributed by atoms with Crippen LogP contribution in [-0.4, -0.2) is 38.6 Å². The van der Waals surface area contributed by atoms with Gasteiger partial charge in [0.2, 0.25) is 0 Å². The van der Waals surface area contributed by atoms with Crippen molar-refractivity contribution in [1.29, 1.82) is 0 Å². The number of rotatable bonds is 9. The van der Waals surface area contributed by atoms with Gasteiger partial charge in [-0.3, -0.25) is 0 Å². The Hall–Kier alpha value is -0.615. The van der Waals surface area contributed by atoms with Crippen molar-refractivity contribution in [2.24, 2.45) is 0 Å². The van der Waals surface area contributed by atoms with E-state index in [1.165, 1.54) is 0 Å². The van der Waals surface area contributed by atoms with E-state index in [1.54, 1.807) is 0 Å². The number of allylic oxidation sites excluding steroid dienone is 1. The number of hydrogen-bond acceptors (Lipinski definition) is 4. The van der Waals surface area contributed by atoms with E-state index in [0.29, 0.717) is 26.4 Å². The average molecular weight is 259 g/mol. The van der Waals surface area contributed by atoms with Crippen LogP contribution in [0.4, 0.5) is 4.79 Å². The number of thiol groups is 1. The summed E-state index contributed by atoms with van der Waals surface area (Å²) in [5, 5.41) is 2.68. The molecule has 0 saturated carbocycles. The van der Waals surface area contributed by atoms with Crippen LogP contribution in [0.3, 0.4) is 0 Å². The molecule has 0 heterocycles. The van der Waals surface area contributed by atoms with Gasteiger partial charge in [-0.2, -0.15) is 12.6 Å². The maximum atomic E-state index is 11.3. The lowest BCUT2D eigenvalue weighted by molar-refractivity contribution is 0.0796. The Morgan fingerprint density at radius 2 is 2.29 bits per heavy atom. The van der Waals surface area contributed by atoms with Crippen molar-refractivity contribution in [3.05, 3.63) is 12.1 Å². The zero-order valence-corrected chi connectivity index (χ0v) is 11.6. The normalized spacial score (nSPS) is 11.7. The van der Waals surface area contributed by atoms with E-state index in [2.05, 4.69) is 31.4 Å². The van der Waals surface area contributed by atoms with E-state index in [4.69, 9.17) is 9.39 Å². The van der Waals surface area contributed by atoms with Crippen molar-refractivity contribution in [1.82, 2.24) is 5.32 Å². The average Bonchev–Trinajstić information content (AvgIpc) is 2.27. The van der Waals surface area contributed by atoms with E-state index < -0.39 is 6.09 Å². The molecule has 17 heavy (non-hydrogen) atoms. The van der Waals surface area contributed by atoms with E-state index in [9.17, 15) is 4.79 Å². The standard InChI is InChI=1S/C11H22BNO3S/c1-4-5-6-13-11(14)16-10(8-17)7-15-12-9(2)3/h10,12,17H,2,4-8H2,1,3H3,(H,13,14). The molecular formula is C11H22BNO3S. The topological polar surface area (TPSA) is 47.6 Å². The molecule has 0 aromatic rings. The minimum atomic E-state index is -0.406. The number of nitrogens with one attached hydrogen (secondary N) is 1. The summed E-state index contributed by atoms with van der Waals surface area (Å²) >= 11 is 4.12. The quantitative estimate of drug-likeness (QED) is 0.376. The van der Waals surface area contributed by atoms with Crippen molar-refractivity contribution in [2.45, 2.75) is 32.8 Å². The lowest BCUT2D eigenvalue weighted by atomic mass is 9.91. The first-order valence-corrected chi connectivity index (χ1v) is 6.50. The number of amides is 1. The predicted octanol–water partition coefficient (Wildman–Crippen LogP) is 1.71. The molecule has 98 valence electrons. The lowest BCUT2D eigenvalue weighted by Crippen LogP contribution is -2.33. The molecule has 0 fully saturated rings. The SMILES string of the molecule is C=C(C)BOCC(CS)OC(=O)NCCCC. The summed E-state index contributed by atoms with van der Waals surface area (Å²) in [4.78, 5) is 11.3. The molecule has 1 atom stereocenters. The molecule has 0 spiro atoms. The minimum absolute atomic E-state index is 0.320. The van der Waals surface area contributed by atoms with Crippen LogP contribution in [0.1, 0.15) is 26.7 Å². The molecule has 0 aliphatic heterocycles. The van der Waals surface area contributed by atoms with Gasteiger partial charge in [-0.15, -0.1) is 6.58 Å². The molecule has 1 amide bonds. The zero-order chi connectivity index (χ0) is 13.1. The highest BCUT2D eigenvalue weighted by molar-refractivity contribution is 7.80. The molecule has 0 aromatic carbocycles. The van der Waals surface area contributed by atoms with Crippen LogP contribution in [-0.2, 0) is 9.39 Å². The second-order valence-corrected chi connectivity index (χ2v) is 4.33. The van der Waals surface area contributed by atoms with Gasteiger partial charge in [-0.25, -0.2) is 4.79 Å². The first kappa shape index (κ1) is 16.4. The molecule has 0 aliphatic carbocycles. The van der Waals surface area contributed by atoms with Gasteiger partial charge in [-0.05, 0) is 6.42 Å². The molecule has 0 rings (SSSR count). The van der Waals surface area contributed by atoms with Gasteiger partial charge in [0.1, 0.15) is 6.10 Å². The number of unbranched alkanes of at least 4 members (excludes halogenated alkanes) is 1. The molecular weight excluding hydrogens is 237 g/mol. The Kier molecular flexibility index (Phi) is 10.2. The number of hydrogen-bond donors (Lipinski definition) is 2. The van der Waals surface area contributed by atoms with Gasteiger partial charge in [0, 0.05) is 12.3 Å². The fraction of sp³-hybridized carbons (Fsp3) is 0.727. The van der Waals surface area contributed by atoms with Crippen LogP contribution in [0.15, 0.2) is 12.1 Å². The Bertz CT molecular complexity index is 239. The Morgan fingerprint density at radius 1 is 1.59 bits per heavy atom. The summed E-state index contributed by atoms with van der Waals surface area (Å²) in [6.07, 6.45) is 1.26. The number of ether oxygens (including phenoxy) is 1. The molecule has 0 bridgehead atoms. The van der Waals surface area contributed by atoms with Crippen LogP contribution < -0.4 is 5.32 Å².